The number of nitrogens with one attached hydrogen (secondary N) is 1. The third-order valence-corrected chi connectivity index (χ3v) is 3.42. The Morgan fingerprint density at radius 2 is 2.14 bits per heavy atom. The predicted octanol–water partition coefficient (Wildman–Crippen LogP) is 2.55. The van der Waals surface area contributed by atoms with Gasteiger partial charge in [0.05, 0.1) is 0 Å². The van der Waals surface area contributed by atoms with Crippen molar-refractivity contribution in [2.24, 2.45) is 0 Å². The third-order valence-electron chi connectivity index (χ3n) is 3.42. The Morgan fingerprint density at radius 1 is 1.48 bits per heavy atom. The van der Waals surface area contributed by atoms with E-state index in [1.165, 1.54) is 0 Å². The van der Waals surface area contributed by atoms with E-state index in [1.807, 2.05) is 32.9 Å². The molecule has 110 valence electrons. The van der Waals surface area contributed by atoms with E-state index in [0.29, 0.717) is 11.5 Å². The van der Waals surface area contributed by atoms with E-state index in [4.69, 9.17) is 9.47 Å². The van der Waals surface area contributed by atoms with Crippen molar-refractivity contribution in [3.63, 3.8) is 0 Å². The van der Waals surface area contributed by atoms with Gasteiger partial charge in [-0.25, -0.2) is 0 Å². The molecular formula is C16H18N2O3. The van der Waals surface area contributed by atoms with Gasteiger partial charge in [0.25, 0.3) is 5.91 Å². The second-order valence-electron chi connectivity index (χ2n) is 5.01. The van der Waals surface area contributed by atoms with Crippen LogP contribution in [-0.2, 0) is 4.79 Å². The summed E-state index contributed by atoms with van der Waals surface area (Å²) in [6.07, 6.45) is 2.39. The lowest BCUT2D eigenvalue weighted by molar-refractivity contribution is -0.117. The Morgan fingerprint density at radius 3 is 2.76 bits per heavy atom. The molecule has 0 aliphatic carbocycles. The number of rotatable bonds is 4. The number of amides is 1. The summed E-state index contributed by atoms with van der Waals surface area (Å²) in [6, 6.07) is 5.61. The zero-order chi connectivity index (χ0) is 15.4. The Labute approximate surface area is 124 Å². The fourth-order valence-corrected chi connectivity index (χ4v) is 1.92. The van der Waals surface area contributed by atoms with Crippen LogP contribution in [0, 0.1) is 18.3 Å². The summed E-state index contributed by atoms with van der Waals surface area (Å²) >= 11 is 0. The van der Waals surface area contributed by atoms with E-state index >= 15 is 0 Å². The van der Waals surface area contributed by atoms with E-state index in [-0.39, 0.29) is 24.3 Å². The molecule has 0 aromatic heterocycles. The summed E-state index contributed by atoms with van der Waals surface area (Å²) in [5.41, 5.74) is 1.77. The largest absolute Gasteiger partial charge is 0.454 e. The van der Waals surface area contributed by atoms with Crippen molar-refractivity contribution in [2.75, 3.05) is 6.79 Å². The van der Waals surface area contributed by atoms with Crippen LogP contribution in [0.25, 0.3) is 6.08 Å². The lowest BCUT2D eigenvalue weighted by atomic mass is 10.0. The van der Waals surface area contributed by atoms with Gasteiger partial charge in [-0.05, 0) is 49.6 Å². The van der Waals surface area contributed by atoms with Gasteiger partial charge in [0.1, 0.15) is 11.6 Å². The number of carbonyl (C=O) groups excluding carboxylic acids is 1. The second kappa shape index (κ2) is 6.31. The van der Waals surface area contributed by atoms with Crippen molar-refractivity contribution in [3.05, 3.63) is 28.8 Å². The number of benzene rings is 1. The molecule has 1 aromatic rings. The highest BCUT2D eigenvalue weighted by Gasteiger charge is 2.17. The molecule has 0 fully saturated rings. The molecule has 1 N–H and O–H groups in total. The molecule has 1 aromatic carbocycles. The number of aryl methyl sites for hydroxylation is 1. The zero-order valence-electron chi connectivity index (χ0n) is 12.4. The van der Waals surface area contributed by atoms with Gasteiger partial charge in [-0.15, -0.1) is 0 Å². The number of carbonyl (C=O) groups is 1. The molecule has 0 saturated carbocycles. The maximum atomic E-state index is 12.0. The summed E-state index contributed by atoms with van der Waals surface area (Å²) in [4.78, 5) is 12.0. The molecular weight excluding hydrogens is 268 g/mol. The molecule has 1 aliphatic heterocycles. The number of hydrogen-bond acceptors (Lipinski definition) is 4. The Kier molecular flexibility index (Phi) is 4.49. The van der Waals surface area contributed by atoms with Crippen LogP contribution in [0.5, 0.6) is 11.5 Å². The minimum Gasteiger partial charge on any atom is -0.454 e. The average molecular weight is 286 g/mol. The quantitative estimate of drug-likeness (QED) is 0.682. The zero-order valence-corrected chi connectivity index (χ0v) is 12.4. The van der Waals surface area contributed by atoms with Gasteiger partial charge in [-0.3, -0.25) is 4.79 Å². The topological polar surface area (TPSA) is 71.4 Å². The molecule has 5 heteroatoms. The van der Waals surface area contributed by atoms with Gasteiger partial charge in [-0.2, -0.15) is 5.26 Å². The van der Waals surface area contributed by atoms with E-state index in [9.17, 15) is 10.1 Å². The van der Waals surface area contributed by atoms with Crippen molar-refractivity contribution in [1.82, 2.24) is 5.32 Å². The molecule has 0 bridgehead atoms. The van der Waals surface area contributed by atoms with Gasteiger partial charge in [0, 0.05) is 6.04 Å². The monoisotopic (exact) mass is 286 g/mol. The first-order valence-corrected chi connectivity index (χ1v) is 6.88. The number of fused-ring (bicyclic) bond motifs is 1. The molecule has 1 aliphatic rings. The lowest BCUT2D eigenvalue weighted by Gasteiger charge is -2.10. The van der Waals surface area contributed by atoms with Crippen LogP contribution < -0.4 is 14.8 Å². The summed E-state index contributed by atoms with van der Waals surface area (Å²) in [5.74, 6) is 0.961. The molecule has 1 amide bonds. The highest BCUT2D eigenvalue weighted by molar-refractivity contribution is 6.02. The number of nitrogens with zero attached hydrogens (tertiary/aromatic N) is 1. The van der Waals surface area contributed by atoms with E-state index in [1.54, 1.807) is 12.1 Å². The second-order valence-corrected chi connectivity index (χ2v) is 5.01. The van der Waals surface area contributed by atoms with Crippen molar-refractivity contribution in [3.8, 4) is 17.6 Å². The van der Waals surface area contributed by atoms with Crippen LogP contribution in [0.1, 0.15) is 31.4 Å². The van der Waals surface area contributed by atoms with Gasteiger partial charge in [0.15, 0.2) is 11.5 Å². The molecule has 21 heavy (non-hydrogen) atoms. The minimum atomic E-state index is -0.357. The Hall–Kier alpha value is -2.48. The van der Waals surface area contributed by atoms with Crippen LogP contribution >= 0.6 is 0 Å². The summed E-state index contributed by atoms with van der Waals surface area (Å²) in [5, 5.41) is 12.0. The molecule has 0 saturated heterocycles. The van der Waals surface area contributed by atoms with Crippen LogP contribution in [-0.4, -0.2) is 18.7 Å². The van der Waals surface area contributed by atoms with Gasteiger partial charge in [0.2, 0.25) is 6.79 Å². The fourth-order valence-electron chi connectivity index (χ4n) is 1.92. The summed E-state index contributed by atoms with van der Waals surface area (Å²) < 4.78 is 10.6. The Balaban J connectivity index is 2.28. The van der Waals surface area contributed by atoms with Crippen molar-refractivity contribution < 1.29 is 14.3 Å². The molecule has 0 spiro atoms. The molecule has 0 radical (unpaired) electrons. The highest BCUT2D eigenvalue weighted by Crippen LogP contribution is 2.35. The summed E-state index contributed by atoms with van der Waals surface area (Å²) in [6.45, 7) is 5.97. The lowest BCUT2D eigenvalue weighted by Crippen LogP contribution is -2.32. The maximum Gasteiger partial charge on any atom is 0.262 e. The normalized spacial score (nSPS) is 14.5. The SMILES string of the molecule is CC[C@H](C)NC(=O)/C(C#N)=C/c1cc2c(cc1C)OCO2. The van der Waals surface area contributed by atoms with Crippen LogP contribution in [0.2, 0.25) is 0 Å². The maximum absolute atomic E-state index is 12.0. The minimum absolute atomic E-state index is 0.0344. The summed E-state index contributed by atoms with van der Waals surface area (Å²) in [7, 11) is 0. The van der Waals surface area contributed by atoms with Crippen LogP contribution in [0.4, 0.5) is 0 Å². The van der Waals surface area contributed by atoms with Gasteiger partial charge in [-0.1, -0.05) is 6.92 Å². The smallest absolute Gasteiger partial charge is 0.262 e. The molecule has 1 heterocycles. The highest BCUT2D eigenvalue weighted by atomic mass is 16.7. The molecule has 1 atom stereocenters. The van der Waals surface area contributed by atoms with Crippen molar-refractivity contribution in [1.29, 1.82) is 5.26 Å². The first-order chi connectivity index (χ1) is 10.0. The number of nitriles is 1. The van der Waals surface area contributed by atoms with Crippen molar-refractivity contribution >= 4 is 12.0 Å². The molecule has 2 rings (SSSR count). The molecule has 5 nitrogen and oxygen atoms in total. The van der Waals surface area contributed by atoms with Gasteiger partial charge < -0.3 is 14.8 Å². The number of ether oxygens (including phenoxy) is 2. The fraction of sp³-hybridized carbons (Fsp3) is 0.375. The third kappa shape index (κ3) is 3.34. The predicted molar refractivity (Wildman–Crippen MR) is 78.8 cm³/mol. The van der Waals surface area contributed by atoms with Crippen LogP contribution in [0.15, 0.2) is 17.7 Å². The van der Waals surface area contributed by atoms with E-state index in [2.05, 4.69) is 5.32 Å². The van der Waals surface area contributed by atoms with E-state index < -0.39 is 0 Å². The standard InChI is InChI=1S/C16H18N2O3/c1-4-11(3)18-16(19)13(8-17)6-12-7-15-14(5-10(12)2)20-9-21-15/h5-7,11H,4,9H2,1-3H3,(H,18,19)/b13-6+/t11-/m0/s1. The first-order valence-electron chi connectivity index (χ1n) is 6.88. The van der Waals surface area contributed by atoms with Crippen molar-refractivity contribution in [2.45, 2.75) is 33.2 Å². The van der Waals surface area contributed by atoms with Gasteiger partial charge >= 0.3 is 0 Å². The molecule has 0 unspecified atom stereocenters. The van der Waals surface area contributed by atoms with E-state index in [0.717, 1.165) is 17.5 Å². The van der Waals surface area contributed by atoms with Crippen LogP contribution in [0.3, 0.4) is 0 Å². The average Bonchev–Trinajstić information content (AvgIpc) is 2.91. The Bertz CT molecular complexity index is 629. The first kappa shape index (κ1) is 14.9. The number of hydrogen-bond donors (Lipinski definition) is 1.